The Morgan fingerprint density at radius 1 is 1.27 bits per heavy atom. The number of aliphatic hydroxyl groups excluding tert-OH is 1. The molecular formula is C23H33NO6. The zero-order chi connectivity index (χ0) is 21.9. The topological polar surface area (TPSA) is 100 Å². The highest BCUT2D eigenvalue weighted by Crippen LogP contribution is 2.24. The zero-order valence-electron chi connectivity index (χ0n) is 17.9. The summed E-state index contributed by atoms with van der Waals surface area (Å²) in [6, 6.07) is 1.20. The quantitative estimate of drug-likeness (QED) is 0.535. The number of ketones is 1. The molecule has 0 spiro atoms. The van der Waals surface area contributed by atoms with Crippen molar-refractivity contribution in [1.29, 1.82) is 0 Å². The molecule has 0 bridgehead atoms. The van der Waals surface area contributed by atoms with Gasteiger partial charge in [-0.2, -0.15) is 0 Å². The molecule has 0 saturated carbocycles. The molecule has 0 radical (unpaired) electrons. The zero-order valence-corrected chi connectivity index (χ0v) is 17.9. The highest BCUT2D eigenvalue weighted by molar-refractivity contribution is 6.02. The van der Waals surface area contributed by atoms with Crippen molar-refractivity contribution >= 4 is 5.78 Å². The third-order valence-corrected chi connectivity index (χ3v) is 5.36. The van der Waals surface area contributed by atoms with Crippen molar-refractivity contribution in [3.8, 4) is 5.75 Å². The van der Waals surface area contributed by atoms with E-state index >= 15 is 0 Å². The summed E-state index contributed by atoms with van der Waals surface area (Å²) in [5.74, 6) is -0.338. The Morgan fingerprint density at radius 3 is 2.80 bits per heavy atom. The molecule has 1 aromatic heterocycles. The smallest absolute Gasteiger partial charge is 0.226 e. The number of carbonyl (C=O) groups excluding carboxylic acids is 1. The van der Waals surface area contributed by atoms with E-state index in [1.165, 1.54) is 18.4 Å². The second-order valence-corrected chi connectivity index (χ2v) is 7.79. The number of allylic oxidation sites excluding steroid dienone is 3. The normalized spacial score (nSPS) is 20.5. The minimum absolute atomic E-state index is 0.175. The standard InChI is InChI=1S/C23H33NO6/c1-3-6-19(25)22(27)17(2)15-18-7-4-12-29-13-5-10-24(11-8-18)16-21-23(28)20(26)9-14-30-21/h3,6,9,14,18,27-28H,4-5,7-8,10-13,15-16H2,1-2H3/b6-3-,22-17-. The first-order valence-corrected chi connectivity index (χ1v) is 10.6. The van der Waals surface area contributed by atoms with Crippen LogP contribution in [-0.4, -0.2) is 47.2 Å². The van der Waals surface area contributed by atoms with E-state index in [0.717, 1.165) is 38.8 Å². The van der Waals surface area contributed by atoms with E-state index in [1.54, 1.807) is 19.9 Å². The number of ether oxygens (including phenoxy) is 1. The number of hydrogen-bond acceptors (Lipinski definition) is 7. The van der Waals surface area contributed by atoms with Gasteiger partial charge in [0.05, 0.1) is 12.8 Å². The SMILES string of the molecule is C/C=C\C(=O)/C(O)=C(\C)CC1CCCOCCCN(Cc2occc(=O)c2O)CC1. The van der Waals surface area contributed by atoms with Gasteiger partial charge in [-0.3, -0.25) is 14.5 Å². The Kier molecular flexibility index (Phi) is 9.83. The van der Waals surface area contributed by atoms with Crippen LogP contribution in [0.4, 0.5) is 0 Å². The molecule has 1 saturated heterocycles. The molecule has 1 aliphatic rings. The maximum Gasteiger partial charge on any atom is 0.226 e. The summed E-state index contributed by atoms with van der Waals surface area (Å²) in [6.07, 6.45) is 8.48. The molecule has 2 N–H and O–H groups in total. The Morgan fingerprint density at radius 2 is 2.03 bits per heavy atom. The van der Waals surface area contributed by atoms with Crippen molar-refractivity contribution in [3.05, 3.63) is 51.8 Å². The Bertz CT molecular complexity index is 810. The van der Waals surface area contributed by atoms with Crippen LogP contribution in [0.25, 0.3) is 0 Å². The third-order valence-electron chi connectivity index (χ3n) is 5.36. The lowest BCUT2D eigenvalue weighted by atomic mass is 9.91. The van der Waals surface area contributed by atoms with E-state index in [2.05, 4.69) is 4.90 Å². The molecule has 7 nitrogen and oxygen atoms in total. The maximum atomic E-state index is 11.9. The molecule has 0 aliphatic carbocycles. The molecule has 2 heterocycles. The van der Waals surface area contributed by atoms with Gasteiger partial charge in [-0.25, -0.2) is 0 Å². The summed E-state index contributed by atoms with van der Waals surface area (Å²) in [5, 5.41) is 20.2. The lowest BCUT2D eigenvalue weighted by Gasteiger charge is -2.24. The van der Waals surface area contributed by atoms with Gasteiger partial charge in [-0.15, -0.1) is 0 Å². The second kappa shape index (κ2) is 12.3. The molecule has 0 amide bonds. The summed E-state index contributed by atoms with van der Waals surface area (Å²) in [6.45, 7) is 6.73. The number of rotatable bonds is 6. The summed E-state index contributed by atoms with van der Waals surface area (Å²) in [4.78, 5) is 25.7. The molecule has 1 aromatic rings. The third kappa shape index (κ3) is 7.46. The summed E-state index contributed by atoms with van der Waals surface area (Å²) in [5.41, 5.74) is 0.245. The molecule has 1 aliphatic heterocycles. The maximum absolute atomic E-state index is 11.9. The van der Waals surface area contributed by atoms with Crippen LogP contribution in [0.5, 0.6) is 5.75 Å². The fraction of sp³-hybridized carbons (Fsp3) is 0.565. The van der Waals surface area contributed by atoms with Gasteiger partial charge >= 0.3 is 0 Å². The van der Waals surface area contributed by atoms with Crippen molar-refractivity contribution in [2.75, 3.05) is 26.3 Å². The Balaban J connectivity index is 2.09. The van der Waals surface area contributed by atoms with Crippen LogP contribution < -0.4 is 5.43 Å². The number of aliphatic hydroxyl groups is 1. The van der Waals surface area contributed by atoms with Gasteiger partial charge in [0.1, 0.15) is 0 Å². The minimum atomic E-state index is -0.447. The van der Waals surface area contributed by atoms with Crippen LogP contribution in [0.15, 0.2) is 45.0 Å². The number of carbonyl (C=O) groups is 1. The number of aromatic hydroxyl groups is 1. The molecule has 2 rings (SSSR count). The lowest BCUT2D eigenvalue weighted by molar-refractivity contribution is -0.113. The van der Waals surface area contributed by atoms with Gasteiger partial charge in [0.25, 0.3) is 0 Å². The summed E-state index contributed by atoms with van der Waals surface area (Å²) >= 11 is 0. The van der Waals surface area contributed by atoms with Gasteiger partial charge in [0.15, 0.2) is 11.5 Å². The molecular weight excluding hydrogens is 386 g/mol. The van der Waals surface area contributed by atoms with Crippen molar-refractivity contribution in [2.24, 2.45) is 5.92 Å². The van der Waals surface area contributed by atoms with Crippen molar-refractivity contribution in [1.82, 2.24) is 4.90 Å². The average molecular weight is 420 g/mol. The predicted molar refractivity (Wildman–Crippen MR) is 114 cm³/mol. The monoisotopic (exact) mass is 419 g/mol. The molecule has 7 heteroatoms. The Hall–Kier alpha value is -2.38. The van der Waals surface area contributed by atoms with Crippen LogP contribution in [-0.2, 0) is 16.1 Å². The molecule has 1 atom stereocenters. The van der Waals surface area contributed by atoms with E-state index in [-0.39, 0.29) is 29.0 Å². The van der Waals surface area contributed by atoms with Gasteiger partial charge in [0.2, 0.25) is 17.0 Å². The predicted octanol–water partition coefficient (Wildman–Crippen LogP) is 3.72. The number of nitrogens with zero attached hydrogens (tertiary/aromatic N) is 1. The van der Waals surface area contributed by atoms with Crippen molar-refractivity contribution in [2.45, 2.75) is 52.5 Å². The highest BCUT2D eigenvalue weighted by Gasteiger charge is 2.19. The van der Waals surface area contributed by atoms with E-state index in [1.807, 2.05) is 0 Å². The summed E-state index contributed by atoms with van der Waals surface area (Å²) < 4.78 is 11.1. The Labute approximate surface area is 177 Å². The van der Waals surface area contributed by atoms with Crippen LogP contribution in [0.1, 0.15) is 51.7 Å². The van der Waals surface area contributed by atoms with Crippen LogP contribution in [0.2, 0.25) is 0 Å². The fourth-order valence-corrected chi connectivity index (χ4v) is 3.69. The van der Waals surface area contributed by atoms with Crippen molar-refractivity contribution in [3.63, 3.8) is 0 Å². The first-order valence-electron chi connectivity index (χ1n) is 10.6. The van der Waals surface area contributed by atoms with E-state index in [9.17, 15) is 19.8 Å². The fourth-order valence-electron chi connectivity index (χ4n) is 3.69. The van der Waals surface area contributed by atoms with Crippen LogP contribution in [0, 0.1) is 5.92 Å². The largest absolute Gasteiger partial charge is 0.504 e. The van der Waals surface area contributed by atoms with Crippen molar-refractivity contribution < 1.29 is 24.2 Å². The second-order valence-electron chi connectivity index (χ2n) is 7.79. The van der Waals surface area contributed by atoms with Gasteiger partial charge in [0, 0.05) is 25.8 Å². The first kappa shape index (κ1) is 23.9. The molecule has 30 heavy (non-hydrogen) atoms. The average Bonchev–Trinajstić information content (AvgIpc) is 2.77. The van der Waals surface area contributed by atoms with Crippen LogP contribution >= 0.6 is 0 Å². The number of hydrogen-bond donors (Lipinski definition) is 2. The molecule has 1 fully saturated rings. The van der Waals surface area contributed by atoms with Gasteiger partial charge in [-0.1, -0.05) is 6.08 Å². The minimum Gasteiger partial charge on any atom is -0.504 e. The molecule has 1 unspecified atom stereocenters. The summed E-state index contributed by atoms with van der Waals surface area (Å²) in [7, 11) is 0. The van der Waals surface area contributed by atoms with Crippen LogP contribution in [0.3, 0.4) is 0 Å². The van der Waals surface area contributed by atoms with Gasteiger partial charge < -0.3 is 19.4 Å². The van der Waals surface area contributed by atoms with E-state index < -0.39 is 5.43 Å². The first-order chi connectivity index (χ1) is 14.4. The van der Waals surface area contributed by atoms with E-state index in [4.69, 9.17) is 9.15 Å². The van der Waals surface area contributed by atoms with E-state index in [0.29, 0.717) is 31.8 Å². The highest BCUT2D eigenvalue weighted by atomic mass is 16.5. The molecule has 166 valence electrons. The van der Waals surface area contributed by atoms with Gasteiger partial charge in [-0.05, 0) is 70.1 Å². The lowest BCUT2D eigenvalue weighted by Crippen LogP contribution is -2.28. The molecule has 0 aromatic carbocycles.